The quantitative estimate of drug-likeness (QED) is 0.828. The van der Waals surface area contributed by atoms with Gasteiger partial charge < -0.3 is 5.11 Å². The predicted molar refractivity (Wildman–Crippen MR) is 58.0 cm³/mol. The van der Waals surface area contributed by atoms with Gasteiger partial charge >= 0.3 is 0 Å². The molecule has 1 aliphatic heterocycles. The fraction of sp³-hybridized carbons (Fsp3) is 0.273. The number of hydrogen-bond donors (Lipinski definition) is 1. The van der Waals surface area contributed by atoms with E-state index in [1.165, 1.54) is 5.41 Å². The van der Waals surface area contributed by atoms with E-state index in [-0.39, 0.29) is 6.61 Å². The molecule has 0 unspecified atom stereocenters. The Morgan fingerprint density at radius 2 is 2.07 bits per heavy atom. The molecule has 2 rings (SSSR count). The molecule has 4 heteroatoms. The molecule has 0 aliphatic carbocycles. The van der Waals surface area contributed by atoms with Crippen LogP contribution in [0.15, 0.2) is 28.5 Å². The van der Waals surface area contributed by atoms with Gasteiger partial charge in [0, 0.05) is 12.0 Å². The number of hydrogen-bond acceptors (Lipinski definition) is 3. The molecule has 0 fully saturated rings. The van der Waals surface area contributed by atoms with Crippen LogP contribution in [0.4, 0.5) is 0 Å². The highest BCUT2D eigenvalue weighted by Crippen LogP contribution is 2.35. The third-order valence-electron chi connectivity index (χ3n) is 2.47. The van der Waals surface area contributed by atoms with E-state index in [2.05, 4.69) is 0 Å². The maximum absolute atomic E-state index is 11.7. The fourth-order valence-corrected chi connectivity index (χ4v) is 3.36. The van der Waals surface area contributed by atoms with Crippen molar-refractivity contribution in [2.75, 3.05) is 6.61 Å². The standard InChI is InChI=1S/C11H12O3S/c1-8-2-3-10-9(4-5-12)7-15(13,14)11(10)6-8/h2-3,6-7,12H,4-5H2,1H3. The minimum Gasteiger partial charge on any atom is -0.396 e. The Bertz CT molecular complexity index is 527. The average molecular weight is 224 g/mol. The SMILES string of the molecule is Cc1ccc2c(c1)S(=O)(=O)C=C2CCO. The van der Waals surface area contributed by atoms with Gasteiger partial charge in [-0.1, -0.05) is 12.1 Å². The van der Waals surface area contributed by atoms with Crippen molar-refractivity contribution in [3.63, 3.8) is 0 Å². The van der Waals surface area contributed by atoms with Crippen molar-refractivity contribution >= 4 is 15.4 Å². The highest BCUT2D eigenvalue weighted by Gasteiger charge is 2.26. The Morgan fingerprint density at radius 3 is 2.73 bits per heavy atom. The lowest BCUT2D eigenvalue weighted by Crippen LogP contribution is -1.93. The number of sulfone groups is 1. The summed E-state index contributed by atoms with van der Waals surface area (Å²) in [6.45, 7) is 1.83. The van der Waals surface area contributed by atoms with Gasteiger partial charge in [-0.25, -0.2) is 8.42 Å². The van der Waals surface area contributed by atoms with Crippen molar-refractivity contribution in [3.8, 4) is 0 Å². The number of rotatable bonds is 2. The third kappa shape index (κ3) is 1.70. The van der Waals surface area contributed by atoms with Crippen molar-refractivity contribution < 1.29 is 13.5 Å². The first-order chi connectivity index (χ1) is 7.04. The number of aryl methyl sites for hydroxylation is 1. The zero-order valence-corrected chi connectivity index (χ0v) is 9.21. The lowest BCUT2D eigenvalue weighted by atomic mass is 10.0. The molecular weight excluding hydrogens is 212 g/mol. The van der Waals surface area contributed by atoms with Gasteiger partial charge in [0.05, 0.1) is 4.90 Å². The summed E-state index contributed by atoms with van der Waals surface area (Å²) in [5.41, 5.74) is 2.36. The molecule has 1 N–H and O–H groups in total. The molecule has 1 aliphatic rings. The molecule has 0 radical (unpaired) electrons. The van der Waals surface area contributed by atoms with Crippen LogP contribution >= 0.6 is 0 Å². The van der Waals surface area contributed by atoms with Gasteiger partial charge in [-0.15, -0.1) is 0 Å². The van der Waals surface area contributed by atoms with Crippen molar-refractivity contribution in [2.45, 2.75) is 18.2 Å². The lowest BCUT2D eigenvalue weighted by molar-refractivity contribution is 0.305. The largest absolute Gasteiger partial charge is 0.396 e. The summed E-state index contributed by atoms with van der Waals surface area (Å²) in [5, 5.41) is 10.1. The van der Waals surface area contributed by atoms with Crippen LogP contribution in [0.3, 0.4) is 0 Å². The number of benzene rings is 1. The maximum atomic E-state index is 11.7. The number of fused-ring (bicyclic) bond motifs is 1. The number of aliphatic hydroxyl groups excluding tert-OH is 1. The zero-order chi connectivity index (χ0) is 11.1. The molecule has 0 bridgehead atoms. The molecule has 0 amide bonds. The molecule has 3 nitrogen and oxygen atoms in total. The Morgan fingerprint density at radius 1 is 1.33 bits per heavy atom. The second-order valence-corrected chi connectivity index (χ2v) is 5.43. The molecule has 0 aromatic heterocycles. The summed E-state index contributed by atoms with van der Waals surface area (Å²) in [5.74, 6) is 0. The number of aliphatic hydroxyl groups is 1. The smallest absolute Gasteiger partial charge is 0.200 e. The molecule has 1 heterocycles. The van der Waals surface area contributed by atoms with E-state index in [0.717, 1.165) is 11.1 Å². The first-order valence-corrected chi connectivity index (χ1v) is 6.27. The summed E-state index contributed by atoms with van der Waals surface area (Å²) in [7, 11) is -3.27. The van der Waals surface area contributed by atoms with Crippen molar-refractivity contribution in [2.24, 2.45) is 0 Å². The van der Waals surface area contributed by atoms with Gasteiger partial charge in [-0.2, -0.15) is 0 Å². The maximum Gasteiger partial charge on any atom is 0.200 e. The van der Waals surface area contributed by atoms with Gasteiger partial charge in [0.1, 0.15) is 0 Å². The third-order valence-corrected chi connectivity index (χ3v) is 4.01. The van der Waals surface area contributed by atoms with Crippen molar-refractivity contribution in [3.05, 3.63) is 34.7 Å². The van der Waals surface area contributed by atoms with E-state index in [1.54, 1.807) is 12.1 Å². The van der Waals surface area contributed by atoms with Gasteiger partial charge in [0.25, 0.3) is 0 Å². The molecule has 80 valence electrons. The van der Waals surface area contributed by atoms with Crippen LogP contribution in [-0.2, 0) is 9.84 Å². The van der Waals surface area contributed by atoms with Crippen molar-refractivity contribution in [1.82, 2.24) is 0 Å². The van der Waals surface area contributed by atoms with Gasteiger partial charge in [-0.3, -0.25) is 0 Å². The molecular formula is C11H12O3S. The van der Waals surface area contributed by atoms with Crippen LogP contribution in [0, 0.1) is 6.92 Å². The fourth-order valence-electron chi connectivity index (χ4n) is 1.76. The minimum absolute atomic E-state index is 0.0331. The summed E-state index contributed by atoms with van der Waals surface area (Å²) in [6.07, 6.45) is 0.384. The molecule has 15 heavy (non-hydrogen) atoms. The van der Waals surface area contributed by atoms with E-state index >= 15 is 0 Å². The Hall–Kier alpha value is -1.13. The van der Waals surface area contributed by atoms with E-state index in [4.69, 9.17) is 5.11 Å². The second-order valence-electron chi connectivity index (χ2n) is 3.66. The zero-order valence-electron chi connectivity index (χ0n) is 8.40. The summed E-state index contributed by atoms with van der Waals surface area (Å²) < 4.78 is 23.5. The van der Waals surface area contributed by atoms with E-state index in [9.17, 15) is 8.42 Å². The Balaban J connectivity index is 2.62. The predicted octanol–water partition coefficient (Wildman–Crippen LogP) is 1.51. The molecule has 0 atom stereocenters. The highest BCUT2D eigenvalue weighted by atomic mass is 32.2. The topological polar surface area (TPSA) is 54.4 Å². The van der Waals surface area contributed by atoms with Crippen molar-refractivity contribution in [1.29, 1.82) is 0 Å². The first-order valence-electron chi connectivity index (χ1n) is 4.72. The normalized spacial score (nSPS) is 17.3. The van der Waals surface area contributed by atoms with Gasteiger partial charge in [0.15, 0.2) is 0 Å². The van der Waals surface area contributed by atoms with Crippen LogP contribution in [0.25, 0.3) is 5.57 Å². The molecule has 0 saturated carbocycles. The Labute approximate surface area is 89.0 Å². The highest BCUT2D eigenvalue weighted by molar-refractivity contribution is 7.95. The summed E-state index contributed by atoms with van der Waals surface area (Å²) in [6, 6.07) is 5.35. The molecule has 0 spiro atoms. The monoisotopic (exact) mass is 224 g/mol. The van der Waals surface area contributed by atoms with Crippen LogP contribution in [0.5, 0.6) is 0 Å². The Kier molecular flexibility index (Phi) is 2.40. The van der Waals surface area contributed by atoms with E-state index < -0.39 is 9.84 Å². The van der Waals surface area contributed by atoms with Crippen LogP contribution < -0.4 is 0 Å². The second kappa shape index (κ2) is 3.47. The summed E-state index contributed by atoms with van der Waals surface area (Å²) in [4.78, 5) is 0.367. The molecule has 1 aromatic carbocycles. The van der Waals surface area contributed by atoms with Crippen LogP contribution in [0.2, 0.25) is 0 Å². The van der Waals surface area contributed by atoms with Gasteiger partial charge in [-0.05, 0) is 36.1 Å². The van der Waals surface area contributed by atoms with Crippen LogP contribution in [0.1, 0.15) is 17.5 Å². The molecule has 1 aromatic rings. The molecule has 0 saturated heterocycles. The van der Waals surface area contributed by atoms with Crippen LogP contribution in [-0.4, -0.2) is 20.1 Å². The van der Waals surface area contributed by atoms with Gasteiger partial charge in [0.2, 0.25) is 9.84 Å². The van der Waals surface area contributed by atoms with E-state index in [0.29, 0.717) is 16.9 Å². The minimum atomic E-state index is -3.27. The lowest BCUT2D eigenvalue weighted by Gasteiger charge is -2.03. The summed E-state index contributed by atoms with van der Waals surface area (Å²) >= 11 is 0. The average Bonchev–Trinajstić information content (AvgIpc) is 2.39. The van der Waals surface area contributed by atoms with E-state index in [1.807, 2.05) is 13.0 Å². The first kappa shape index (κ1) is 10.4.